The molecule has 0 aliphatic carbocycles. The first-order chi connectivity index (χ1) is 9.79. The molecular weight excluding hydrogens is 387 g/mol. The topological polar surface area (TPSA) is 89.9 Å². The van der Waals surface area contributed by atoms with Crippen LogP contribution in [0.1, 0.15) is 17.5 Å². The minimum absolute atomic E-state index is 0.0297. The summed E-state index contributed by atoms with van der Waals surface area (Å²) in [6.45, 7) is 3.75. The Morgan fingerprint density at radius 2 is 1.90 bits per heavy atom. The van der Waals surface area contributed by atoms with E-state index in [1.807, 2.05) is 26.0 Å². The summed E-state index contributed by atoms with van der Waals surface area (Å²) in [6.07, 6.45) is -1.86. The number of aliphatic hydroxyl groups is 1. The zero-order valence-electron chi connectivity index (χ0n) is 11.8. The van der Waals surface area contributed by atoms with E-state index in [0.29, 0.717) is 5.69 Å². The molecule has 7 heteroatoms. The SMILES string of the molecule is Cc1cc(I)cc(C)c1NC(=O)C1CC(O)CN1C(=O)O. The number of halogens is 1. The average molecular weight is 404 g/mol. The van der Waals surface area contributed by atoms with Crippen LogP contribution in [0.15, 0.2) is 12.1 Å². The van der Waals surface area contributed by atoms with E-state index in [1.165, 1.54) is 0 Å². The predicted molar refractivity (Wildman–Crippen MR) is 86.4 cm³/mol. The van der Waals surface area contributed by atoms with E-state index in [9.17, 15) is 14.7 Å². The largest absolute Gasteiger partial charge is 0.465 e. The number of anilines is 1. The third kappa shape index (κ3) is 3.46. The number of nitrogens with zero attached hydrogens (tertiary/aromatic N) is 1. The standard InChI is InChI=1S/C14H17IN2O4/c1-7-3-9(15)4-8(2)12(7)16-13(19)11-5-10(18)6-17(11)14(20)21/h3-4,10-11,18H,5-6H2,1-2H3,(H,16,19)(H,20,21). The number of β-amino-alcohol motifs (C(OH)–C–C–N with tert-alkyl or cyclic N) is 1. The van der Waals surface area contributed by atoms with Gasteiger partial charge in [-0.25, -0.2) is 4.79 Å². The molecule has 1 heterocycles. The Balaban J connectivity index is 2.20. The van der Waals surface area contributed by atoms with Crippen LogP contribution in [0.4, 0.5) is 10.5 Å². The highest BCUT2D eigenvalue weighted by Gasteiger charge is 2.39. The molecule has 1 fully saturated rings. The normalized spacial score (nSPS) is 21.4. The molecule has 2 amide bonds. The predicted octanol–water partition coefficient (Wildman–Crippen LogP) is 1.96. The summed E-state index contributed by atoms with van der Waals surface area (Å²) in [5, 5.41) is 21.5. The Morgan fingerprint density at radius 3 is 2.43 bits per heavy atom. The van der Waals surface area contributed by atoms with Crippen molar-refractivity contribution in [2.75, 3.05) is 11.9 Å². The Kier molecular flexibility index (Phi) is 4.72. The third-order valence-electron chi connectivity index (χ3n) is 3.57. The summed E-state index contributed by atoms with van der Waals surface area (Å²) in [4.78, 5) is 24.4. The van der Waals surface area contributed by atoms with Crippen LogP contribution >= 0.6 is 22.6 Å². The van der Waals surface area contributed by atoms with Crippen molar-refractivity contribution >= 4 is 40.3 Å². The number of benzene rings is 1. The Bertz CT molecular complexity index is 567. The lowest BCUT2D eigenvalue weighted by Gasteiger charge is -2.21. The summed E-state index contributed by atoms with van der Waals surface area (Å²) in [5.74, 6) is -0.402. The number of carboxylic acid groups (broad SMARTS) is 1. The fourth-order valence-electron chi connectivity index (χ4n) is 2.59. The summed E-state index contributed by atoms with van der Waals surface area (Å²) in [7, 11) is 0. The van der Waals surface area contributed by atoms with Crippen molar-refractivity contribution < 1.29 is 19.8 Å². The van der Waals surface area contributed by atoms with Crippen molar-refractivity contribution in [3.63, 3.8) is 0 Å². The molecule has 0 aromatic heterocycles. The monoisotopic (exact) mass is 404 g/mol. The first kappa shape index (κ1) is 16.0. The van der Waals surface area contributed by atoms with Gasteiger partial charge in [0.15, 0.2) is 0 Å². The van der Waals surface area contributed by atoms with Crippen molar-refractivity contribution in [2.24, 2.45) is 0 Å². The molecule has 1 saturated heterocycles. The molecular formula is C14H17IN2O4. The second kappa shape index (κ2) is 6.18. The minimum Gasteiger partial charge on any atom is -0.465 e. The Hall–Kier alpha value is -1.35. The van der Waals surface area contributed by atoms with Gasteiger partial charge in [-0.2, -0.15) is 0 Å². The van der Waals surface area contributed by atoms with Gasteiger partial charge in [0, 0.05) is 15.7 Å². The Labute approximate surface area is 136 Å². The highest BCUT2D eigenvalue weighted by Crippen LogP contribution is 2.25. The molecule has 0 saturated carbocycles. The van der Waals surface area contributed by atoms with Crippen LogP contribution < -0.4 is 5.32 Å². The molecule has 114 valence electrons. The highest BCUT2D eigenvalue weighted by molar-refractivity contribution is 14.1. The van der Waals surface area contributed by atoms with Crippen LogP contribution in [0.2, 0.25) is 0 Å². The van der Waals surface area contributed by atoms with E-state index in [4.69, 9.17) is 5.11 Å². The summed E-state index contributed by atoms with van der Waals surface area (Å²) in [6, 6.07) is 3.04. The molecule has 0 bridgehead atoms. The summed E-state index contributed by atoms with van der Waals surface area (Å²) >= 11 is 2.20. The van der Waals surface area contributed by atoms with Crippen LogP contribution in [0.25, 0.3) is 0 Å². The van der Waals surface area contributed by atoms with Crippen molar-refractivity contribution in [3.8, 4) is 0 Å². The van der Waals surface area contributed by atoms with Crippen LogP contribution in [0.5, 0.6) is 0 Å². The molecule has 2 unspecified atom stereocenters. The van der Waals surface area contributed by atoms with Crippen LogP contribution in [0.3, 0.4) is 0 Å². The van der Waals surface area contributed by atoms with Crippen molar-refractivity contribution in [1.82, 2.24) is 4.90 Å². The molecule has 2 rings (SSSR count). The van der Waals surface area contributed by atoms with Gasteiger partial charge in [-0.3, -0.25) is 9.69 Å². The number of carbonyl (C=O) groups is 2. The number of nitrogens with one attached hydrogen (secondary N) is 1. The summed E-state index contributed by atoms with van der Waals surface area (Å²) in [5.41, 5.74) is 2.55. The van der Waals surface area contributed by atoms with Crippen LogP contribution in [0, 0.1) is 17.4 Å². The molecule has 3 N–H and O–H groups in total. The number of hydrogen-bond acceptors (Lipinski definition) is 3. The molecule has 1 aliphatic heterocycles. The quantitative estimate of drug-likeness (QED) is 0.658. The summed E-state index contributed by atoms with van der Waals surface area (Å²) < 4.78 is 1.07. The van der Waals surface area contributed by atoms with Gasteiger partial charge in [0.1, 0.15) is 6.04 Å². The Morgan fingerprint density at radius 1 is 1.33 bits per heavy atom. The zero-order valence-corrected chi connectivity index (χ0v) is 13.9. The van der Waals surface area contributed by atoms with Crippen molar-refractivity contribution in [2.45, 2.75) is 32.4 Å². The van der Waals surface area contributed by atoms with Crippen LogP contribution in [-0.4, -0.2) is 45.8 Å². The molecule has 1 aliphatic rings. The number of amides is 2. The first-order valence-electron chi connectivity index (χ1n) is 6.55. The van der Waals surface area contributed by atoms with E-state index in [0.717, 1.165) is 19.6 Å². The number of hydrogen-bond donors (Lipinski definition) is 3. The number of likely N-dealkylation sites (tertiary alicyclic amines) is 1. The van der Waals surface area contributed by atoms with Crippen molar-refractivity contribution in [1.29, 1.82) is 0 Å². The van der Waals surface area contributed by atoms with Gasteiger partial charge in [-0.05, 0) is 59.7 Å². The van der Waals surface area contributed by atoms with E-state index < -0.39 is 24.1 Å². The number of rotatable bonds is 2. The van der Waals surface area contributed by atoms with E-state index >= 15 is 0 Å². The van der Waals surface area contributed by atoms with E-state index in [1.54, 1.807) is 0 Å². The van der Waals surface area contributed by atoms with Gasteiger partial charge < -0.3 is 15.5 Å². The smallest absolute Gasteiger partial charge is 0.408 e. The first-order valence-corrected chi connectivity index (χ1v) is 7.62. The maximum absolute atomic E-state index is 12.3. The maximum Gasteiger partial charge on any atom is 0.408 e. The van der Waals surface area contributed by atoms with Crippen molar-refractivity contribution in [3.05, 3.63) is 26.8 Å². The van der Waals surface area contributed by atoms with Gasteiger partial charge >= 0.3 is 6.09 Å². The lowest BCUT2D eigenvalue weighted by molar-refractivity contribution is -0.120. The van der Waals surface area contributed by atoms with Gasteiger partial charge in [-0.15, -0.1) is 0 Å². The number of carbonyl (C=O) groups excluding carboxylic acids is 1. The van der Waals surface area contributed by atoms with Gasteiger partial charge in [0.05, 0.1) is 12.6 Å². The zero-order chi connectivity index (χ0) is 15.7. The van der Waals surface area contributed by atoms with E-state index in [2.05, 4.69) is 27.9 Å². The van der Waals surface area contributed by atoms with Gasteiger partial charge in [0.2, 0.25) is 5.91 Å². The lowest BCUT2D eigenvalue weighted by Crippen LogP contribution is -2.42. The second-order valence-corrected chi connectivity index (χ2v) is 6.49. The number of aliphatic hydroxyl groups excluding tert-OH is 1. The van der Waals surface area contributed by atoms with Gasteiger partial charge in [-0.1, -0.05) is 0 Å². The maximum atomic E-state index is 12.3. The number of aryl methyl sites for hydroxylation is 2. The molecule has 6 nitrogen and oxygen atoms in total. The average Bonchev–Trinajstić information content (AvgIpc) is 2.76. The minimum atomic E-state index is -1.19. The van der Waals surface area contributed by atoms with Crippen LogP contribution in [-0.2, 0) is 4.79 Å². The van der Waals surface area contributed by atoms with Gasteiger partial charge in [0.25, 0.3) is 0 Å². The molecule has 0 spiro atoms. The lowest BCUT2D eigenvalue weighted by atomic mass is 10.1. The molecule has 0 radical (unpaired) electrons. The second-order valence-electron chi connectivity index (χ2n) is 5.24. The molecule has 1 aromatic rings. The molecule has 2 atom stereocenters. The molecule has 1 aromatic carbocycles. The highest BCUT2D eigenvalue weighted by atomic mass is 127. The third-order valence-corrected chi connectivity index (χ3v) is 4.20. The van der Waals surface area contributed by atoms with E-state index in [-0.39, 0.29) is 13.0 Å². The molecule has 21 heavy (non-hydrogen) atoms. The fraction of sp³-hybridized carbons (Fsp3) is 0.429. The fourth-order valence-corrected chi connectivity index (χ4v) is 3.52.